The minimum Gasteiger partial charge on any atom is -0.493 e. The van der Waals surface area contributed by atoms with Crippen LogP contribution in [0.2, 0.25) is 0 Å². The molecule has 0 spiro atoms. The van der Waals surface area contributed by atoms with Crippen LogP contribution in [0.1, 0.15) is 10.4 Å². The maximum atomic E-state index is 12.7. The molecule has 0 aliphatic carbocycles. The zero-order valence-electron chi connectivity index (χ0n) is 13.1. The SMILES string of the molecule is COc1ccc2c(c(OC)nn2C(=O)c2ccccc2)c1OC. The number of hydrogen-bond donors (Lipinski definition) is 0. The molecule has 0 atom stereocenters. The summed E-state index contributed by atoms with van der Waals surface area (Å²) in [6, 6.07) is 12.4. The van der Waals surface area contributed by atoms with E-state index in [1.54, 1.807) is 43.5 Å². The Morgan fingerprint density at radius 1 is 0.957 bits per heavy atom. The quantitative estimate of drug-likeness (QED) is 0.741. The number of nitrogens with zero attached hydrogens (tertiary/aromatic N) is 2. The summed E-state index contributed by atoms with van der Waals surface area (Å²) < 4.78 is 17.3. The van der Waals surface area contributed by atoms with Crippen LogP contribution in [0.4, 0.5) is 0 Å². The first-order valence-electron chi connectivity index (χ1n) is 6.98. The summed E-state index contributed by atoms with van der Waals surface area (Å²) in [5.74, 6) is 1.09. The van der Waals surface area contributed by atoms with E-state index in [4.69, 9.17) is 14.2 Å². The van der Waals surface area contributed by atoms with Gasteiger partial charge in [-0.3, -0.25) is 4.79 Å². The number of carbonyl (C=O) groups excluding carboxylic acids is 1. The summed E-state index contributed by atoms with van der Waals surface area (Å²) >= 11 is 0. The smallest absolute Gasteiger partial charge is 0.278 e. The van der Waals surface area contributed by atoms with Crippen LogP contribution in [0.3, 0.4) is 0 Å². The van der Waals surface area contributed by atoms with Gasteiger partial charge < -0.3 is 14.2 Å². The first kappa shape index (κ1) is 14.9. The van der Waals surface area contributed by atoms with Gasteiger partial charge >= 0.3 is 0 Å². The molecule has 0 unspecified atom stereocenters. The predicted molar refractivity (Wildman–Crippen MR) is 85.6 cm³/mol. The van der Waals surface area contributed by atoms with Crippen LogP contribution in [-0.2, 0) is 0 Å². The van der Waals surface area contributed by atoms with E-state index in [1.165, 1.54) is 18.9 Å². The van der Waals surface area contributed by atoms with Gasteiger partial charge in [0.15, 0.2) is 11.5 Å². The van der Waals surface area contributed by atoms with Crippen LogP contribution in [-0.4, -0.2) is 37.0 Å². The summed E-state index contributed by atoms with van der Waals surface area (Å²) in [7, 11) is 4.58. The maximum absolute atomic E-state index is 12.7. The number of aromatic nitrogens is 2. The van der Waals surface area contributed by atoms with Crippen molar-refractivity contribution in [1.29, 1.82) is 0 Å². The lowest BCUT2D eigenvalue weighted by atomic mass is 10.2. The predicted octanol–water partition coefficient (Wildman–Crippen LogP) is 2.75. The van der Waals surface area contributed by atoms with E-state index in [1.807, 2.05) is 6.07 Å². The van der Waals surface area contributed by atoms with E-state index in [9.17, 15) is 4.79 Å². The van der Waals surface area contributed by atoms with Gasteiger partial charge in [-0.15, -0.1) is 5.10 Å². The number of fused-ring (bicyclic) bond motifs is 1. The molecule has 0 fully saturated rings. The number of carbonyl (C=O) groups is 1. The Labute approximate surface area is 133 Å². The minimum absolute atomic E-state index is 0.244. The lowest BCUT2D eigenvalue weighted by molar-refractivity contribution is 0.0948. The number of hydrogen-bond acceptors (Lipinski definition) is 5. The molecular weight excluding hydrogens is 296 g/mol. The van der Waals surface area contributed by atoms with Crippen LogP contribution in [0.15, 0.2) is 42.5 Å². The van der Waals surface area contributed by atoms with E-state index >= 15 is 0 Å². The molecule has 0 amide bonds. The van der Waals surface area contributed by atoms with E-state index in [-0.39, 0.29) is 5.91 Å². The Bertz CT molecular complexity index is 856. The minimum atomic E-state index is -0.244. The first-order chi connectivity index (χ1) is 11.2. The van der Waals surface area contributed by atoms with Gasteiger partial charge in [-0.25, -0.2) is 0 Å². The van der Waals surface area contributed by atoms with E-state index in [2.05, 4.69) is 5.10 Å². The summed E-state index contributed by atoms with van der Waals surface area (Å²) in [4.78, 5) is 12.7. The maximum Gasteiger partial charge on any atom is 0.278 e. The summed E-state index contributed by atoms with van der Waals surface area (Å²) in [6.07, 6.45) is 0. The van der Waals surface area contributed by atoms with E-state index in [0.717, 1.165) is 0 Å². The molecule has 2 aromatic carbocycles. The molecule has 1 heterocycles. The second-order valence-electron chi connectivity index (χ2n) is 4.79. The molecule has 118 valence electrons. The molecule has 23 heavy (non-hydrogen) atoms. The molecule has 0 saturated carbocycles. The Balaban J connectivity index is 2.26. The van der Waals surface area contributed by atoms with Crippen molar-refractivity contribution >= 4 is 16.8 Å². The fourth-order valence-electron chi connectivity index (χ4n) is 2.50. The molecule has 3 rings (SSSR count). The van der Waals surface area contributed by atoms with Gasteiger partial charge in [0.2, 0.25) is 5.88 Å². The lowest BCUT2D eigenvalue weighted by Gasteiger charge is -2.09. The molecule has 0 aliphatic heterocycles. The average Bonchev–Trinajstić information content (AvgIpc) is 2.99. The third kappa shape index (κ3) is 2.38. The van der Waals surface area contributed by atoms with Crippen LogP contribution >= 0.6 is 0 Å². The van der Waals surface area contributed by atoms with Gasteiger partial charge in [-0.2, -0.15) is 4.68 Å². The number of methoxy groups -OCH3 is 3. The van der Waals surface area contributed by atoms with Gasteiger partial charge in [0, 0.05) is 5.56 Å². The topological polar surface area (TPSA) is 62.6 Å². The molecule has 0 N–H and O–H groups in total. The monoisotopic (exact) mass is 312 g/mol. The zero-order chi connectivity index (χ0) is 16.4. The molecule has 3 aromatic rings. The van der Waals surface area contributed by atoms with Crippen molar-refractivity contribution in [3.8, 4) is 17.4 Å². The Hall–Kier alpha value is -3.02. The summed E-state index contributed by atoms with van der Waals surface area (Å²) in [6.45, 7) is 0. The fourth-order valence-corrected chi connectivity index (χ4v) is 2.50. The van der Waals surface area contributed by atoms with Crippen LogP contribution in [0.5, 0.6) is 17.4 Å². The van der Waals surface area contributed by atoms with Gasteiger partial charge in [-0.05, 0) is 24.3 Å². The van der Waals surface area contributed by atoms with E-state index < -0.39 is 0 Å². The van der Waals surface area contributed by atoms with Crippen molar-refractivity contribution in [3.05, 3.63) is 48.0 Å². The second kappa shape index (κ2) is 6.00. The Morgan fingerprint density at radius 2 is 1.70 bits per heavy atom. The van der Waals surface area contributed by atoms with Crippen molar-refractivity contribution in [2.45, 2.75) is 0 Å². The number of benzene rings is 2. The van der Waals surface area contributed by atoms with Crippen molar-refractivity contribution in [2.75, 3.05) is 21.3 Å². The molecule has 0 saturated heterocycles. The highest BCUT2D eigenvalue weighted by Crippen LogP contribution is 2.40. The molecule has 0 bridgehead atoms. The average molecular weight is 312 g/mol. The number of ether oxygens (including phenoxy) is 3. The third-order valence-electron chi connectivity index (χ3n) is 3.56. The molecule has 0 radical (unpaired) electrons. The van der Waals surface area contributed by atoms with Crippen molar-refractivity contribution in [1.82, 2.24) is 9.78 Å². The highest BCUT2D eigenvalue weighted by Gasteiger charge is 2.23. The first-order valence-corrected chi connectivity index (χ1v) is 6.98. The standard InChI is InChI=1S/C17H16N2O4/c1-21-13-10-9-12-14(15(13)22-2)16(23-3)18-19(12)17(20)11-7-5-4-6-8-11/h4-10H,1-3H3. The van der Waals surface area contributed by atoms with Crippen molar-refractivity contribution in [2.24, 2.45) is 0 Å². The van der Waals surface area contributed by atoms with Crippen LogP contribution in [0.25, 0.3) is 10.9 Å². The zero-order valence-corrected chi connectivity index (χ0v) is 13.1. The van der Waals surface area contributed by atoms with Gasteiger partial charge in [0.25, 0.3) is 5.91 Å². The van der Waals surface area contributed by atoms with Gasteiger partial charge in [-0.1, -0.05) is 18.2 Å². The molecule has 1 aromatic heterocycles. The molecule has 6 nitrogen and oxygen atoms in total. The fraction of sp³-hybridized carbons (Fsp3) is 0.176. The molecule has 0 aliphatic rings. The van der Waals surface area contributed by atoms with Crippen LogP contribution < -0.4 is 14.2 Å². The van der Waals surface area contributed by atoms with Crippen LogP contribution in [0, 0.1) is 0 Å². The normalized spacial score (nSPS) is 10.6. The summed E-state index contributed by atoms with van der Waals surface area (Å²) in [5.41, 5.74) is 1.13. The highest BCUT2D eigenvalue weighted by molar-refractivity contribution is 6.04. The Morgan fingerprint density at radius 3 is 2.30 bits per heavy atom. The largest absolute Gasteiger partial charge is 0.493 e. The summed E-state index contributed by atoms with van der Waals surface area (Å²) in [5, 5.41) is 4.87. The third-order valence-corrected chi connectivity index (χ3v) is 3.56. The van der Waals surface area contributed by atoms with E-state index in [0.29, 0.717) is 33.8 Å². The van der Waals surface area contributed by atoms with Crippen molar-refractivity contribution < 1.29 is 19.0 Å². The second-order valence-corrected chi connectivity index (χ2v) is 4.79. The van der Waals surface area contributed by atoms with Crippen molar-refractivity contribution in [3.63, 3.8) is 0 Å². The molecule has 6 heteroatoms. The number of rotatable bonds is 4. The van der Waals surface area contributed by atoms with Gasteiger partial charge in [0.05, 0.1) is 26.8 Å². The highest BCUT2D eigenvalue weighted by atomic mass is 16.5. The van der Waals surface area contributed by atoms with Gasteiger partial charge in [0.1, 0.15) is 5.39 Å². The molecular formula is C17H16N2O4. The Kier molecular flexibility index (Phi) is 3.89. The lowest BCUT2D eigenvalue weighted by Crippen LogP contribution is -2.13.